The topological polar surface area (TPSA) is 107 Å². The van der Waals surface area contributed by atoms with Crippen LogP contribution in [-0.2, 0) is 4.74 Å². The first-order chi connectivity index (χ1) is 12.1. The molecular weight excluding hydrogens is 381 g/mol. The second kappa shape index (κ2) is 8.16. The Hall–Kier alpha value is -1.96. The highest BCUT2D eigenvalue weighted by Crippen LogP contribution is 2.31. The van der Waals surface area contributed by atoms with Gasteiger partial charge in [0, 0.05) is 36.7 Å². The largest absolute Gasteiger partial charge is 0.444 e. The first-order valence-corrected chi connectivity index (χ1v) is 8.84. The van der Waals surface area contributed by atoms with Gasteiger partial charge in [-0.05, 0) is 33.2 Å². The molecule has 1 aliphatic heterocycles. The zero-order chi connectivity index (χ0) is 19.5. The summed E-state index contributed by atoms with van der Waals surface area (Å²) in [5, 5.41) is 11.6. The van der Waals surface area contributed by atoms with Gasteiger partial charge in [0.25, 0.3) is 0 Å². The van der Waals surface area contributed by atoms with Crippen LogP contribution in [0.1, 0.15) is 27.7 Å². The van der Waals surface area contributed by atoms with Crippen LogP contribution in [0.25, 0.3) is 10.4 Å². The highest BCUT2D eigenvalue weighted by molar-refractivity contribution is 6.33. The number of halogens is 2. The maximum absolute atomic E-state index is 12.5. The molecule has 1 aliphatic rings. The van der Waals surface area contributed by atoms with Crippen LogP contribution < -0.4 is 4.90 Å². The van der Waals surface area contributed by atoms with Crippen molar-refractivity contribution in [2.75, 3.05) is 24.5 Å². The number of carbonyl (C=O) groups excluding carboxylic acids is 1. The van der Waals surface area contributed by atoms with E-state index in [1.165, 1.54) is 0 Å². The predicted octanol–water partition coefficient (Wildman–Crippen LogP) is 3.91. The van der Waals surface area contributed by atoms with Crippen LogP contribution in [0.4, 0.5) is 10.5 Å². The molecule has 26 heavy (non-hydrogen) atoms. The molecule has 0 radical (unpaired) electrons. The fourth-order valence-electron chi connectivity index (χ4n) is 2.74. The molecule has 0 aliphatic carbocycles. The van der Waals surface area contributed by atoms with E-state index in [1.807, 2.05) is 32.6 Å². The Morgan fingerprint density at radius 2 is 2.12 bits per heavy atom. The van der Waals surface area contributed by atoms with Crippen molar-refractivity contribution in [3.63, 3.8) is 0 Å². The van der Waals surface area contributed by atoms with Crippen molar-refractivity contribution in [3.05, 3.63) is 26.8 Å². The molecule has 0 spiro atoms. The van der Waals surface area contributed by atoms with Crippen molar-refractivity contribution in [1.82, 2.24) is 15.1 Å². The quantitative estimate of drug-likeness (QED) is 0.433. The minimum Gasteiger partial charge on any atom is -0.444 e. The lowest BCUT2D eigenvalue weighted by Gasteiger charge is -2.46. The number of hydrogen-bond acceptors (Lipinski definition) is 6. The van der Waals surface area contributed by atoms with E-state index in [1.54, 1.807) is 11.0 Å². The molecule has 1 amide bonds. The van der Waals surface area contributed by atoms with E-state index in [2.05, 4.69) is 20.2 Å². The van der Waals surface area contributed by atoms with Gasteiger partial charge < -0.3 is 14.5 Å². The fourth-order valence-corrected chi connectivity index (χ4v) is 3.08. The van der Waals surface area contributed by atoms with Gasteiger partial charge in [-0.3, -0.25) is 0 Å². The van der Waals surface area contributed by atoms with E-state index >= 15 is 0 Å². The molecule has 11 heteroatoms. The SMILES string of the molecule is C[C@H]1CN(c2cc(Cl)nnc2Cl)[C@@H](CN=[N+]=[N-])CN1C(=O)OC(C)(C)C. The highest BCUT2D eigenvalue weighted by Gasteiger charge is 2.37. The molecule has 2 heterocycles. The Morgan fingerprint density at radius 3 is 2.73 bits per heavy atom. The normalized spacial score (nSPS) is 20.5. The average molecular weight is 402 g/mol. The molecule has 1 aromatic heterocycles. The molecule has 9 nitrogen and oxygen atoms in total. The van der Waals surface area contributed by atoms with Crippen molar-refractivity contribution in [2.45, 2.75) is 45.4 Å². The molecule has 2 atom stereocenters. The molecule has 0 unspecified atom stereocenters. The standard InChI is InChI=1S/C15H21Cl2N7O2/c1-9-7-24(11-5-12(16)20-21-13(11)17)10(6-19-22-18)8-23(9)14(25)26-15(2,3)4/h5,9-10H,6-8H2,1-4H3/t9-,10-/m0/s1. The first kappa shape index (κ1) is 20.4. The molecule has 2 rings (SSSR count). The van der Waals surface area contributed by atoms with Crippen molar-refractivity contribution < 1.29 is 9.53 Å². The van der Waals surface area contributed by atoms with Gasteiger partial charge in [0.15, 0.2) is 10.3 Å². The molecule has 0 bridgehead atoms. The van der Waals surface area contributed by atoms with Gasteiger partial charge in [0.05, 0.1) is 11.7 Å². The highest BCUT2D eigenvalue weighted by atomic mass is 35.5. The second-order valence-electron chi connectivity index (χ2n) is 7.04. The van der Waals surface area contributed by atoms with Gasteiger partial charge in [-0.2, -0.15) is 0 Å². The minimum absolute atomic E-state index is 0.152. The zero-order valence-electron chi connectivity index (χ0n) is 15.1. The minimum atomic E-state index is -0.597. The van der Waals surface area contributed by atoms with Crippen LogP contribution in [0.3, 0.4) is 0 Å². The van der Waals surface area contributed by atoms with Crippen LogP contribution in [0.5, 0.6) is 0 Å². The summed E-state index contributed by atoms with van der Waals surface area (Å²) < 4.78 is 5.48. The molecule has 142 valence electrons. The summed E-state index contributed by atoms with van der Waals surface area (Å²) >= 11 is 12.1. The summed E-state index contributed by atoms with van der Waals surface area (Å²) in [5.41, 5.74) is 8.68. The molecule has 1 fully saturated rings. The number of carbonyl (C=O) groups is 1. The van der Waals surface area contributed by atoms with E-state index < -0.39 is 11.7 Å². The van der Waals surface area contributed by atoms with Crippen LogP contribution >= 0.6 is 23.2 Å². The number of hydrogen-bond donors (Lipinski definition) is 0. The van der Waals surface area contributed by atoms with E-state index in [-0.39, 0.29) is 28.9 Å². The molecule has 0 aromatic carbocycles. The Kier molecular flexibility index (Phi) is 6.39. The van der Waals surface area contributed by atoms with E-state index in [0.29, 0.717) is 18.8 Å². The van der Waals surface area contributed by atoms with Gasteiger partial charge >= 0.3 is 6.09 Å². The number of nitrogens with zero attached hydrogens (tertiary/aromatic N) is 7. The molecule has 0 saturated carbocycles. The number of rotatable bonds is 3. The monoisotopic (exact) mass is 401 g/mol. The zero-order valence-corrected chi connectivity index (χ0v) is 16.6. The average Bonchev–Trinajstić information content (AvgIpc) is 2.54. The lowest BCUT2D eigenvalue weighted by atomic mass is 10.1. The van der Waals surface area contributed by atoms with Crippen molar-refractivity contribution in [1.29, 1.82) is 0 Å². The number of ether oxygens (including phenoxy) is 1. The molecular formula is C15H21Cl2N7O2. The maximum atomic E-state index is 12.5. The second-order valence-corrected chi connectivity index (χ2v) is 7.79. The van der Waals surface area contributed by atoms with Crippen molar-refractivity contribution in [3.8, 4) is 0 Å². The van der Waals surface area contributed by atoms with Crippen LogP contribution in [0, 0.1) is 0 Å². The fraction of sp³-hybridized carbons (Fsp3) is 0.667. The Balaban J connectivity index is 2.30. The number of piperazine rings is 1. The van der Waals surface area contributed by atoms with E-state index in [4.69, 9.17) is 33.5 Å². The summed E-state index contributed by atoms with van der Waals surface area (Å²) in [4.78, 5) is 18.9. The Morgan fingerprint density at radius 1 is 1.42 bits per heavy atom. The van der Waals surface area contributed by atoms with Gasteiger partial charge in [-0.15, -0.1) is 10.2 Å². The lowest BCUT2D eigenvalue weighted by Crippen LogP contribution is -2.60. The number of amides is 1. The summed E-state index contributed by atoms with van der Waals surface area (Å²) in [5.74, 6) is 0. The Labute approximate surface area is 161 Å². The summed E-state index contributed by atoms with van der Waals surface area (Å²) in [6.07, 6.45) is -0.410. The van der Waals surface area contributed by atoms with Gasteiger partial charge in [-0.25, -0.2) is 4.79 Å². The van der Waals surface area contributed by atoms with E-state index in [9.17, 15) is 4.79 Å². The first-order valence-electron chi connectivity index (χ1n) is 8.08. The third-order valence-electron chi connectivity index (χ3n) is 3.83. The molecule has 0 N–H and O–H groups in total. The van der Waals surface area contributed by atoms with E-state index in [0.717, 1.165) is 0 Å². The third kappa shape index (κ3) is 5.03. The van der Waals surface area contributed by atoms with Gasteiger partial charge in [-0.1, -0.05) is 28.3 Å². The Bertz CT molecular complexity index is 718. The van der Waals surface area contributed by atoms with Gasteiger partial charge in [0.2, 0.25) is 0 Å². The molecule has 1 aromatic rings. The lowest BCUT2D eigenvalue weighted by molar-refractivity contribution is 0.0127. The van der Waals surface area contributed by atoms with Crippen LogP contribution in [-0.4, -0.2) is 58.5 Å². The predicted molar refractivity (Wildman–Crippen MR) is 99.6 cm³/mol. The van der Waals surface area contributed by atoms with Crippen molar-refractivity contribution in [2.24, 2.45) is 5.11 Å². The van der Waals surface area contributed by atoms with Crippen LogP contribution in [0.2, 0.25) is 10.3 Å². The third-order valence-corrected chi connectivity index (χ3v) is 4.29. The summed E-state index contributed by atoms with van der Waals surface area (Å²) in [6, 6.07) is 1.15. The van der Waals surface area contributed by atoms with Crippen LogP contribution in [0.15, 0.2) is 11.2 Å². The summed E-state index contributed by atoms with van der Waals surface area (Å²) in [6.45, 7) is 8.26. The summed E-state index contributed by atoms with van der Waals surface area (Å²) in [7, 11) is 0. The molecule has 1 saturated heterocycles. The number of aromatic nitrogens is 2. The maximum Gasteiger partial charge on any atom is 0.410 e. The number of anilines is 1. The number of azide groups is 1. The van der Waals surface area contributed by atoms with Gasteiger partial charge in [0.1, 0.15) is 5.60 Å². The smallest absolute Gasteiger partial charge is 0.410 e. The van der Waals surface area contributed by atoms with Crippen molar-refractivity contribution >= 4 is 35.0 Å².